The standard InChI is InChI=1S/C13H18N4O2/c18-5-7-19-6-4-15-9-12-10-16-17-13(12)11-2-1-3-14-8-11/h1-3,8,10,15,18H,4-7,9H2,(H,16,17). The van der Waals surface area contributed by atoms with Crippen molar-refractivity contribution in [2.24, 2.45) is 0 Å². The Bertz CT molecular complexity index is 473. The van der Waals surface area contributed by atoms with E-state index in [9.17, 15) is 0 Å². The van der Waals surface area contributed by atoms with Crippen molar-refractivity contribution in [2.75, 3.05) is 26.4 Å². The third-order valence-corrected chi connectivity index (χ3v) is 2.64. The van der Waals surface area contributed by atoms with Crippen LogP contribution in [-0.2, 0) is 11.3 Å². The van der Waals surface area contributed by atoms with Crippen molar-refractivity contribution < 1.29 is 9.84 Å². The number of aliphatic hydroxyl groups is 1. The van der Waals surface area contributed by atoms with Gasteiger partial charge in [-0.1, -0.05) is 0 Å². The van der Waals surface area contributed by atoms with E-state index in [-0.39, 0.29) is 6.61 Å². The first-order valence-electron chi connectivity index (χ1n) is 6.24. The van der Waals surface area contributed by atoms with Crippen molar-refractivity contribution >= 4 is 0 Å². The number of hydrogen-bond donors (Lipinski definition) is 3. The highest BCUT2D eigenvalue weighted by molar-refractivity contribution is 5.61. The maximum Gasteiger partial charge on any atom is 0.0710 e. The second-order valence-electron chi connectivity index (χ2n) is 4.02. The Balaban J connectivity index is 1.83. The van der Waals surface area contributed by atoms with Crippen LogP contribution in [0.25, 0.3) is 11.3 Å². The zero-order valence-electron chi connectivity index (χ0n) is 10.7. The Labute approximate surface area is 111 Å². The first kappa shape index (κ1) is 13.7. The number of aliphatic hydroxyl groups excluding tert-OH is 1. The Hall–Kier alpha value is -1.76. The van der Waals surface area contributed by atoms with Gasteiger partial charge in [-0.05, 0) is 12.1 Å². The fourth-order valence-corrected chi connectivity index (χ4v) is 1.74. The van der Waals surface area contributed by atoms with Crippen molar-refractivity contribution in [2.45, 2.75) is 6.54 Å². The summed E-state index contributed by atoms with van der Waals surface area (Å²) < 4.78 is 5.17. The van der Waals surface area contributed by atoms with Crippen LogP contribution in [0.4, 0.5) is 0 Å². The molecule has 0 bridgehead atoms. The SMILES string of the molecule is OCCOCCNCc1cn[nH]c1-c1cccnc1. The van der Waals surface area contributed by atoms with Gasteiger partial charge in [0.2, 0.25) is 0 Å². The second kappa shape index (κ2) is 7.63. The third-order valence-electron chi connectivity index (χ3n) is 2.64. The summed E-state index contributed by atoms with van der Waals surface area (Å²) in [6.07, 6.45) is 5.36. The lowest BCUT2D eigenvalue weighted by atomic mass is 10.1. The molecule has 0 spiro atoms. The fraction of sp³-hybridized carbons (Fsp3) is 0.385. The predicted molar refractivity (Wildman–Crippen MR) is 71.4 cm³/mol. The topological polar surface area (TPSA) is 83.1 Å². The van der Waals surface area contributed by atoms with E-state index in [4.69, 9.17) is 9.84 Å². The summed E-state index contributed by atoms with van der Waals surface area (Å²) in [5, 5.41) is 18.9. The van der Waals surface area contributed by atoms with E-state index in [1.54, 1.807) is 12.4 Å². The minimum Gasteiger partial charge on any atom is -0.394 e. The van der Waals surface area contributed by atoms with Crippen LogP contribution in [0.2, 0.25) is 0 Å². The molecule has 0 aliphatic rings. The molecular weight excluding hydrogens is 244 g/mol. The average molecular weight is 262 g/mol. The zero-order chi connectivity index (χ0) is 13.3. The highest BCUT2D eigenvalue weighted by Gasteiger charge is 2.06. The summed E-state index contributed by atoms with van der Waals surface area (Å²) in [6, 6.07) is 3.89. The number of nitrogens with zero attached hydrogens (tertiary/aromatic N) is 2. The molecule has 6 nitrogen and oxygen atoms in total. The molecular formula is C13H18N4O2. The molecule has 102 valence electrons. The van der Waals surface area contributed by atoms with E-state index in [0.717, 1.165) is 23.4 Å². The summed E-state index contributed by atoms with van der Waals surface area (Å²) >= 11 is 0. The van der Waals surface area contributed by atoms with Gasteiger partial charge in [0.05, 0.1) is 31.7 Å². The molecule has 0 unspecified atom stereocenters. The highest BCUT2D eigenvalue weighted by atomic mass is 16.5. The quantitative estimate of drug-likeness (QED) is 0.606. The van der Waals surface area contributed by atoms with Crippen LogP contribution in [0, 0.1) is 0 Å². The lowest BCUT2D eigenvalue weighted by molar-refractivity contribution is 0.0938. The van der Waals surface area contributed by atoms with E-state index in [2.05, 4.69) is 20.5 Å². The summed E-state index contributed by atoms with van der Waals surface area (Å²) in [5.41, 5.74) is 3.10. The molecule has 0 amide bonds. The molecule has 2 heterocycles. The minimum absolute atomic E-state index is 0.0624. The van der Waals surface area contributed by atoms with Gasteiger partial charge in [0.25, 0.3) is 0 Å². The summed E-state index contributed by atoms with van der Waals surface area (Å²) in [7, 11) is 0. The third kappa shape index (κ3) is 4.13. The highest BCUT2D eigenvalue weighted by Crippen LogP contribution is 2.19. The maximum absolute atomic E-state index is 8.57. The monoisotopic (exact) mass is 262 g/mol. The van der Waals surface area contributed by atoms with Gasteiger partial charge in [-0.15, -0.1) is 0 Å². The predicted octanol–water partition coefficient (Wildman–Crippen LogP) is 0.570. The fourth-order valence-electron chi connectivity index (χ4n) is 1.74. The molecule has 0 atom stereocenters. The first-order valence-corrected chi connectivity index (χ1v) is 6.24. The first-order chi connectivity index (χ1) is 9.42. The van der Waals surface area contributed by atoms with Crippen LogP contribution < -0.4 is 5.32 Å². The molecule has 0 aromatic carbocycles. The van der Waals surface area contributed by atoms with Gasteiger partial charge in [0.15, 0.2) is 0 Å². The van der Waals surface area contributed by atoms with Crippen LogP contribution in [0.5, 0.6) is 0 Å². The molecule has 0 saturated heterocycles. The van der Waals surface area contributed by atoms with Crippen molar-refractivity contribution in [3.63, 3.8) is 0 Å². The van der Waals surface area contributed by atoms with E-state index in [1.165, 1.54) is 0 Å². The zero-order valence-corrected chi connectivity index (χ0v) is 10.7. The Morgan fingerprint density at radius 2 is 2.26 bits per heavy atom. The number of rotatable bonds is 8. The molecule has 2 aromatic heterocycles. The van der Waals surface area contributed by atoms with Crippen LogP contribution in [0.1, 0.15) is 5.56 Å². The Morgan fingerprint density at radius 1 is 1.32 bits per heavy atom. The summed E-state index contributed by atoms with van der Waals surface area (Å²) in [4.78, 5) is 4.10. The molecule has 0 radical (unpaired) electrons. The Morgan fingerprint density at radius 3 is 3.05 bits per heavy atom. The van der Waals surface area contributed by atoms with Crippen molar-refractivity contribution in [3.05, 3.63) is 36.3 Å². The lowest BCUT2D eigenvalue weighted by Crippen LogP contribution is -2.20. The second-order valence-corrected chi connectivity index (χ2v) is 4.02. The van der Waals surface area contributed by atoms with Gasteiger partial charge in [-0.3, -0.25) is 10.1 Å². The molecule has 2 rings (SSSR count). The van der Waals surface area contributed by atoms with Crippen molar-refractivity contribution in [1.82, 2.24) is 20.5 Å². The van der Waals surface area contributed by atoms with Gasteiger partial charge in [0.1, 0.15) is 0 Å². The van der Waals surface area contributed by atoms with Gasteiger partial charge in [0, 0.05) is 36.6 Å². The normalized spacial score (nSPS) is 10.8. The van der Waals surface area contributed by atoms with Gasteiger partial charge in [-0.2, -0.15) is 5.10 Å². The van der Waals surface area contributed by atoms with Crippen LogP contribution >= 0.6 is 0 Å². The number of aromatic amines is 1. The van der Waals surface area contributed by atoms with E-state index < -0.39 is 0 Å². The number of pyridine rings is 1. The molecule has 2 aromatic rings. The molecule has 0 aliphatic heterocycles. The number of nitrogens with one attached hydrogen (secondary N) is 2. The molecule has 0 saturated carbocycles. The summed E-state index contributed by atoms with van der Waals surface area (Å²) in [6.45, 7) is 2.47. The van der Waals surface area contributed by atoms with E-state index in [0.29, 0.717) is 19.8 Å². The van der Waals surface area contributed by atoms with Crippen LogP contribution in [-0.4, -0.2) is 46.7 Å². The molecule has 3 N–H and O–H groups in total. The Kier molecular flexibility index (Phi) is 5.49. The number of hydrogen-bond acceptors (Lipinski definition) is 5. The maximum atomic E-state index is 8.57. The number of ether oxygens (including phenoxy) is 1. The van der Waals surface area contributed by atoms with Crippen molar-refractivity contribution in [1.29, 1.82) is 0 Å². The van der Waals surface area contributed by atoms with Crippen molar-refractivity contribution in [3.8, 4) is 11.3 Å². The van der Waals surface area contributed by atoms with Gasteiger partial charge in [-0.25, -0.2) is 0 Å². The molecule has 6 heteroatoms. The molecule has 0 aliphatic carbocycles. The number of aromatic nitrogens is 3. The number of H-pyrrole nitrogens is 1. The molecule has 19 heavy (non-hydrogen) atoms. The molecule has 0 fully saturated rings. The smallest absolute Gasteiger partial charge is 0.0710 e. The summed E-state index contributed by atoms with van der Waals surface area (Å²) in [5.74, 6) is 0. The van der Waals surface area contributed by atoms with Gasteiger partial charge < -0.3 is 15.2 Å². The average Bonchev–Trinajstić information content (AvgIpc) is 2.92. The lowest BCUT2D eigenvalue weighted by Gasteiger charge is -2.06. The van der Waals surface area contributed by atoms with Crippen LogP contribution in [0.3, 0.4) is 0 Å². The van der Waals surface area contributed by atoms with Gasteiger partial charge >= 0.3 is 0 Å². The largest absolute Gasteiger partial charge is 0.394 e. The van der Waals surface area contributed by atoms with E-state index >= 15 is 0 Å². The van der Waals surface area contributed by atoms with Crippen LogP contribution in [0.15, 0.2) is 30.7 Å². The van der Waals surface area contributed by atoms with E-state index in [1.807, 2.05) is 18.3 Å². The minimum atomic E-state index is 0.0624.